The molecule has 1 amide bonds. The third kappa shape index (κ3) is 4.75. The van der Waals surface area contributed by atoms with Gasteiger partial charge in [0, 0.05) is 17.1 Å². The average molecular weight is 419 g/mol. The Labute approximate surface area is 163 Å². The van der Waals surface area contributed by atoms with Gasteiger partial charge >= 0.3 is 6.61 Å². The lowest BCUT2D eigenvalue weighted by Crippen LogP contribution is -2.37. The van der Waals surface area contributed by atoms with Crippen LogP contribution in [0.1, 0.15) is 34.1 Å². The van der Waals surface area contributed by atoms with Crippen molar-refractivity contribution in [3.05, 3.63) is 50.9 Å². The number of rotatable bonds is 7. The fraction of sp³-hybridized carbons (Fsp3) is 0.389. The number of likely N-dealkylation sites (tertiary alicyclic amines) is 1. The molecule has 1 fully saturated rings. The highest BCUT2D eigenvalue weighted by Crippen LogP contribution is 2.32. The first-order valence-electron chi connectivity index (χ1n) is 8.46. The van der Waals surface area contributed by atoms with Gasteiger partial charge in [-0.1, -0.05) is 17.7 Å². The van der Waals surface area contributed by atoms with Crippen molar-refractivity contribution in [3.63, 3.8) is 0 Å². The summed E-state index contributed by atoms with van der Waals surface area (Å²) in [6, 6.07) is 5.35. The van der Waals surface area contributed by atoms with Crippen molar-refractivity contribution in [2.45, 2.75) is 25.5 Å². The second-order valence-electron chi connectivity index (χ2n) is 6.10. The summed E-state index contributed by atoms with van der Waals surface area (Å²) in [5.74, 6) is -1.15. The molecule has 0 bridgehead atoms. The summed E-state index contributed by atoms with van der Waals surface area (Å²) in [6.07, 6.45) is 1.96. The van der Waals surface area contributed by atoms with Gasteiger partial charge in [-0.2, -0.15) is 8.78 Å². The van der Waals surface area contributed by atoms with Crippen LogP contribution in [0.4, 0.5) is 13.2 Å². The maximum Gasteiger partial charge on any atom is 0.387 e. The first-order chi connectivity index (χ1) is 13.0. The van der Waals surface area contributed by atoms with Gasteiger partial charge in [-0.3, -0.25) is 9.69 Å². The van der Waals surface area contributed by atoms with E-state index >= 15 is 0 Å². The number of carbonyl (C=O) groups excluding carboxylic acids is 1. The van der Waals surface area contributed by atoms with Gasteiger partial charge < -0.3 is 10.1 Å². The molecule has 0 saturated carbocycles. The molecule has 146 valence electrons. The van der Waals surface area contributed by atoms with Gasteiger partial charge in [-0.05, 0) is 49.5 Å². The van der Waals surface area contributed by atoms with Crippen LogP contribution in [0.3, 0.4) is 0 Å². The normalized spacial score (nSPS) is 15.9. The van der Waals surface area contributed by atoms with Gasteiger partial charge in [0.1, 0.15) is 16.4 Å². The van der Waals surface area contributed by atoms with Crippen LogP contribution >= 0.6 is 22.9 Å². The Morgan fingerprint density at radius 3 is 2.70 bits per heavy atom. The monoisotopic (exact) mass is 418 g/mol. The maximum absolute atomic E-state index is 14.4. The Hall–Kier alpha value is -1.77. The van der Waals surface area contributed by atoms with Crippen LogP contribution in [0.15, 0.2) is 29.6 Å². The average Bonchev–Trinajstić information content (AvgIpc) is 3.28. The Bertz CT molecular complexity index is 776. The van der Waals surface area contributed by atoms with Crippen molar-refractivity contribution < 1.29 is 22.7 Å². The number of nitrogens with zero attached hydrogens (tertiary/aromatic N) is 1. The topological polar surface area (TPSA) is 41.6 Å². The third-order valence-corrected chi connectivity index (χ3v) is 5.65. The zero-order chi connectivity index (χ0) is 19.4. The van der Waals surface area contributed by atoms with E-state index < -0.39 is 24.4 Å². The van der Waals surface area contributed by atoms with Crippen molar-refractivity contribution in [2.24, 2.45) is 0 Å². The summed E-state index contributed by atoms with van der Waals surface area (Å²) in [5, 5.41) is 4.50. The molecule has 1 aliphatic rings. The predicted octanol–water partition coefficient (Wildman–Crippen LogP) is 4.71. The molecular formula is C18H18ClF3N2O2S. The Morgan fingerprint density at radius 1 is 1.30 bits per heavy atom. The molecule has 1 unspecified atom stereocenters. The lowest BCUT2D eigenvalue weighted by Gasteiger charge is -2.29. The third-order valence-electron chi connectivity index (χ3n) is 4.42. The fourth-order valence-electron chi connectivity index (χ4n) is 3.22. The molecule has 0 aliphatic carbocycles. The first-order valence-corrected chi connectivity index (χ1v) is 9.71. The number of carbonyl (C=O) groups is 1. The zero-order valence-corrected chi connectivity index (χ0v) is 15.8. The molecular weight excluding hydrogens is 401 g/mol. The van der Waals surface area contributed by atoms with Crippen LogP contribution in [-0.2, 0) is 0 Å². The number of halogens is 4. The van der Waals surface area contributed by atoms with Crippen molar-refractivity contribution in [1.82, 2.24) is 10.2 Å². The van der Waals surface area contributed by atoms with Gasteiger partial charge in [0.05, 0.1) is 6.04 Å². The number of nitrogens with one attached hydrogen (secondary N) is 1. The van der Waals surface area contributed by atoms with Crippen molar-refractivity contribution in [2.75, 3.05) is 19.6 Å². The first kappa shape index (κ1) is 20.0. The molecule has 27 heavy (non-hydrogen) atoms. The van der Waals surface area contributed by atoms with Gasteiger partial charge in [0.2, 0.25) is 0 Å². The van der Waals surface area contributed by atoms with E-state index in [1.807, 2.05) is 0 Å². The number of hydrogen-bond acceptors (Lipinski definition) is 4. The van der Waals surface area contributed by atoms with E-state index in [2.05, 4.69) is 15.0 Å². The minimum atomic E-state index is -3.01. The second kappa shape index (κ2) is 8.95. The fourth-order valence-corrected chi connectivity index (χ4v) is 4.25. The lowest BCUT2D eigenvalue weighted by molar-refractivity contribution is -0.0498. The highest BCUT2D eigenvalue weighted by molar-refractivity contribution is 7.12. The van der Waals surface area contributed by atoms with E-state index in [4.69, 9.17) is 11.6 Å². The standard InChI is InChI=1S/C18H18ClF3N2O2S/c19-11-4-3-5-12(20)15(11)13(24-7-1-2-8-24)10-23-17(25)16-14(6-9-27-16)26-18(21)22/h3-6,9,13,18H,1-2,7-8,10H2,(H,23,25). The lowest BCUT2D eigenvalue weighted by atomic mass is 10.0. The maximum atomic E-state index is 14.4. The molecule has 4 nitrogen and oxygen atoms in total. The number of alkyl halides is 2. The molecule has 3 rings (SSSR count). The Kier molecular flexibility index (Phi) is 6.62. The van der Waals surface area contributed by atoms with Gasteiger partial charge in [-0.25, -0.2) is 4.39 Å². The molecule has 1 atom stereocenters. The summed E-state index contributed by atoms with van der Waals surface area (Å²) >= 11 is 7.22. The smallest absolute Gasteiger partial charge is 0.387 e. The number of benzene rings is 1. The summed E-state index contributed by atoms with van der Waals surface area (Å²) < 4.78 is 43.7. The molecule has 9 heteroatoms. The highest BCUT2D eigenvalue weighted by Gasteiger charge is 2.28. The number of hydrogen-bond donors (Lipinski definition) is 1. The van der Waals surface area contributed by atoms with E-state index in [9.17, 15) is 18.0 Å². The Balaban J connectivity index is 1.77. The molecule has 1 aromatic heterocycles. The van der Waals surface area contributed by atoms with Gasteiger partial charge in [-0.15, -0.1) is 11.3 Å². The van der Waals surface area contributed by atoms with E-state index in [0.29, 0.717) is 10.6 Å². The Morgan fingerprint density at radius 2 is 2.04 bits per heavy atom. The van der Waals surface area contributed by atoms with E-state index in [1.165, 1.54) is 23.6 Å². The van der Waals surface area contributed by atoms with Crippen LogP contribution < -0.4 is 10.1 Å². The van der Waals surface area contributed by atoms with Gasteiger partial charge in [0.25, 0.3) is 5.91 Å². The highest BCUT2D eigenvalue weighted by atomic mass is 35.5. The van der Waals surface area contributed by atoms with Crippen LogP contribution in [-0.4, -0.2) is 37.1 Å². The van der Waals surface area contributed by atoms with Crippen LogP contribution in [0.5, 0.6) is 5.75 Å². The minimum Gasteiger partial charge on any atom is -0.433 e. The van der Waals surface area contributed by atoms with Crippen LogP contribution in [0, 0.1) is 5.82 Å². The molecule has 2 heterocycles. The molecule has 0 radical (unpaired) electrons. The second-order valence-corrected chi connectivity index (χ2v) is 7.42. The van der Waals surface area contributed by atoms with Crippen molar-refractivity contribution >= 4 is 28.8 Å². The number of ether oxygens (including phenoxy) is 1. The summed E-state index contributed by atoms with van der Waals surface area (Å²) in [4.78, 5) is 14.6. The van der Waals surface area contributed by atoms with E-state index in [1.54, 1.807) is 6.07 Å². The molecule has 1 aliphatic heterocycles. The summed E-state index contributed by atoms with van der Waals surface area (Å²) in [6.45, 7) is -1.37. The number of amides is 1. The van der Waals surface area contributed by atoms with Crippen molar-refractivity contribution in [1.29, 1.82) is 0 Å². The molecule has 1 aromatic carbocycles. The van der Waals surface area contributed by atoms with E-state index in [-0.39, 0.29) is 17.2 Å². The molecule has 1 saturated heterocycles. The molecule has 2 aromatic rings. The quantitative estimate of drug-likeness (QED) is 0.708. The largest absolute Gasteiger partial charge is 0.433 e. The molecule has 1 N–H and O–H groups in total. The molecule has 0 spiro atoms. The zero-order valence-electron chi connectivity index (χ0n) is 14.3. The van der Waals surface area contributed by atoms with Crippen LogP contribution in [0.25, 0.3) is 0 Å². The van der Waals surface area contributed by atoms with Gasteiger partial charge in [0.15, 0.2) is 0 Å². The minimum absolute atomic E-state index is 0.0510. The van der Waals surface area contributed by atoms with Crippen LogP contribution in [0.2, 0.25) is 5.02 Å². The summed E-state index contributed by atoms with van der Waals surface area (Å²) in [5.41, 5.74) is 0.330. The van der Waals surface area contributed by atoms with Crippen molar-refractivity contribution in [3.8, 4) is 5.75 Å². The number of thiophene rings is 1. The predicted molar refractivity (Wildman–Crippen MR) is 98.2 cm³/mol. The SMILES string of the molecule is O=C(NCC(c1c(F)cccc1Cl)N1CCCC1)c1sccc1OC(F)F. The van der Waals surface area contributed by atoms with E-state index in [0.717, 1.165) is 37.3 Å². The summed E-state index contributed by atoms with van der Waals surface area (Å²) in [7, 11) is 0.